The highest BCUT2D eigenvalue weighted by Crippen LogP contribution is 2.31. The van der Waals surface area contributed by atoms with Gasteiger partial charge in [0.05, 0.1) is 18.8 Å². The van der Waals surface area contributed by atoms with E-state index in [0.29, 0.717) is 18.2 Å². The lowest BCUT2D eigenvalue weighted by Gasteiger charge is -2.35. The molecular weight excluding hydrogens is 434 g/mol. The molecule has 1 aliphatic heterocycles. The Morgan fingerprint density at radius 3 is 2.76 bits per heavy atom. The van der Waals surface area contributed by atoms with Gasteiger partial charge in [-0.05, 0) is 30.3 Å². The van der Waals surface area contributed by atoms with E-state index in [9.17, 15) is 4.79 Å². The maximum atomic E-state index is 12.6. The van der Waals surface area contributed by atoms with Gasteiger partial charge in [-0.25, -0.2) is 4.98 Å². The molecule has 2 aromatic heterocycles. The molecule has 8 heteroatoms. The summed E-state index contributed by atoms with van der Waals surface area (Å²) in [6.45, 7) is 2.20. The number of nitrogens with zero attached hydrogens (tertiary/aromatic N) is 4. The third-order valence-corrected chi connectivity index (χ3v) is 5.61. The number of halogens is 1. The van der Waals surface area contributed by atoms with E-state index in [2.05, 4.69) is 37.2 Å². The summed E-state index contributed by atoms with van der Waals surface area (Å²) in [6, 6.07) is 11.3. The standard InChI is InChI=1S/C21H22BrN5O2/c1-26-20(28)12-17(14-5-7-23-8-6-14)25-21(26)27-10-9-24-18(13-27)16-11-15(22)3-4-19(16)29-2/h3-8,11-12,18,24H,9-10,13H2,1-2H3. The summed E-state index contributed by atoms with van der Waals surface area (Å²) in [5.74, 6) is 1.49. The van der Waals surface area contributed by atoms with Crippen LogP contribution in [0.15, 0.2) is 58.1 Å². The van der Waals surface area contributed by atoms with Gasteiger partial charge in [0, 0.05) is 60.7 Å². The van der Waals surface area contributed by atoms with Crippen LogP contribution >= 0.6 is 15.9 Å². The Morgan fingerprint density at radius 1 is 1.21 bits per heavy atom. The van der Waals surface area contributed by atoms with Crippen LogP contribution in [0.1, 0.15) is 11.6 Å². The monoisotopic (exact) mass is 455 g/mol. The van der Waals surface area contributed by atoms with E-state index in [1.165, 1.54) is 0 Å². The number of aromatic nitrogens is 3. The van der Waals surface area contributed by atoms with E-state index in [0.717, 1.165) is 34.4 Å². The zero-order valence-electron chi connectivity index (χ0n) is 16.3. The van der Waals surface area contributed by atoms with Gasteiger partial charge >= 0.3 is 0 Å². The fraction of sp³-hybridized carbons (Fsp3) is 0.286. The van der Waals surface area contributed by atoms with Gasteiger partial charge in [0.15, 0.2) is 0 Å². The molecule has 0 aliphatic carbocycles. The molecule has 4 rings (SSSR count). The highest BCUT2D eigenvalue weighted by Gasteiger charge is 2.26. The Labute approximate surface area is 177 Å². The van der Waals surface area contributed by atoms with Crippen LogP contribution in [0.2, 0.25) is 0 Å². The Bertz CT molecular complexity index is 1070. The Morgan fingerprint density at radius 2 is 2.00 bits per heavy atom. The minimum atomic E-state index is -0.0862. The smallest absolute Gasteiger partial charge is 0.255 e. The molecule has 7 nitrogen and oxygen atoms in total. The Hall–Kier alpha value is -2.71. The van der Waals surface area contributed by atoms with E-state index in [4.69, 9.17) is 9.72 Å². The molecule has 1 saturated heterocycles. The van der Waals surface area contributed by atoms with E-state index in [1.54, 1.807) is 37.2 Å². The SMILES string of the molecule is COc1ccc(Br)cc1C1CN(c2nc(-c3ccncc3)cc(=O)n2C)CCN1. The fourth-order valence-electron chi connectivity index (χ4n) is 3.60. The van der Waals surface area contributed by atoms with Crippen molar-refractivity contribution in [2.45, 2.75) is 6.04 Å². The predicted molar refractivity (Wildman–Crippen MR) is 116 cm³/mol. The van der Waals surface area contributed by atoms with Crippen molar-refractivity contribution in [1.82, 2.24) is 19.9 Å². The number of methoxy groups -OCH3 is 1. The lowest BCUT2D eigenvalue weighted by molar-refractivity contribution is 0.390. The quantitative estimate of drug-likeness (QED) is 0.651. The molecule has 1 unspecified atom stereocenters. The van der Waals surface area contributed by atoms with Gasteiger partial charge in [-0.2, -0.15) is 0 Å². The van der Waals surface area contributed by atoms with Crippen LogP contribution in [-0.2, 0) is 7.05 Å². The van der Waals surface area contributed by atoms with Crippen molar-refractivity contribution in [3.63, 3.8) is 0 Å². The van der Waals surface area contributed by atoms with Gasteiger partial charge in [-0.1, -0.05) is 15.9 Å². The number of benzene rings is 1. The van der Waals surface area contributed by atoms with Crippen LogP contribution in [-0.4, -0.2) is 41.3 Å². The van der Waals surface area contributed by atoms with E-state index < -0.39 is 0 Å². The van der Waals surface area contributed by atoms with Gasteiger partial charge in [-0.15, -0.1) is 0 Å². The molecule has 150 valence electrons. The summed E-state index contributed by atoms with van der Waals surface area (Å²) >= 11 is 3.55. The van der Waals surface area contributed by atoms with Crippen LogP contribution in [0, 0.1) is 0 Å². The first-order valence-corrected chi connectivity index (χ1v) is 10.2. The molecule has 3 heterocycles. The first-order chi connectivity index (χ1) is 14.1. The third-order valence-electron chi connectivity index (χ3n) is 5.11. The Kier molecular flexibility index (Phi) is 5.64. The molecule has 0 saturated carbocycles. The second-order valence-corrected chi connectivity index (χ2v) is 7.83. The molecule has 29 heavy (non-hydrogen) atoms. The number of nitrogens with one attached hydrogen (secondary N) is 1. The van der Waals surface area contributed by atoms with Crippen LogP contribution in [0.3, 0.4) is 0 Å². The summed E-state index contributed by atoms with van der Waals surface area (Å²) in [6.07, 6.45) is 3.41. The van der Waals surface area contributed by atoms with Crippen molar-refractivity contribution in [2.75, 3.05) is 31.6 Å². The maximum Gasteiger partial charge on any atom is 0.255 e. The first-order valence-electron chi connectivity index (χ1n) is 9.37. The van der Waals surface area contributed by atoms with Crippen molar-refractivity contribution in [3.05, 3.63) is 69.2 Å². The van der Waals surface area contributed by atoms with Crippen molar-refractivity contribution in [2.24, 2.45) is 7.05 Å². The largest absolute Gasteiger partial charge is 0.496 e. The molecule has 0 amide bonds. The number of pyridine rings is 1. The number of anilines is 1. The van der Waals surface area contributed by atoms with Crippen LogP contribution in [0.4, 0.5) is 5.95 Å². The van der Waals surface area contributed by atoms with Crippen molar-refractivity contribution >= 4 is 21.9 Å². The van der Waals surface area contributed by atoms with Crippen molar-refractivity contribution in [1.29, 1.82) is 0 Å². The van der Waals surface area contributed by atoms with E-state index in [1.807, 2.05) is 24.3 Å². The topological polar surface area (TPSA) is 72.3 Å². The molecule has 1 aliphatic rings. The lowest BCUT2D eigenvalue weighted by atomic mass is 10.0. The van der Waals surface area contributed by atoms with Gasteiger partial charge in [0.1, 0.15) is 5.75 Å². The van der Waals surface area contributed by atoms with Gasteiger partial charge < -0.3 is 15.0 Å². The molecular formula is C21H22BrN5O2. The Balaban J connectivity index is 1.69. The average molecular weight is 456 g/mol. The maximum absolute atomic E-state index is 12.6. The highest BCUT2D eigenvalue weighted by molar-refractivity contribution is 9.10. The van der Waals surface area contributed by atoms with E-state index in [-0.39, 0.29) is 11.6 Å². The number of hydrogen-bond donors (Lipinski definition) is 1. The molecule has 0 spiro atoms. The summed E-state index contributed by atoms with van der Waals surface area (Å²) in [4.78, 5) is 23.6. The number of rotatable bonds is 4. The molecule has 0 bridgehead atoms. The molecule has 1 aromatic carbocycles. The minimum Gasteiger partial charge on any atom is -0.496 e. The van der Waals surface area contributed by atoms with Gasteiger partial charge in [-0.3, -0.25) is 14.3 Å². The molecule has 0 radical (unpaired) electrons. The van der Waals surface area contributed by atoms with Crippen LogP contribution < -0.4 is 20.5 Å². The lowest BCUT2D eigenvalue weighted by Crippen LogP contribution is -2.47. The molecule has 1 fully saturated rings. The van der Waals surface area contributed by atoms with Gasteiger partial charge in [0.2, 0.25) is 5.95 Å². The summed E-state index contributed by atoms with van der Waals surface area (Å²) in [5, 5.41) is 3.55. The molecule has 3 aromatic rings. The first kappa shape index (κ1) is 19.6. The normalized spacial score (nSPS) is 16.7. The number of hydrogen-bond acceptors (Lipinski definition) is 6. The third kappa shape index (κ3) is 4.04. The summed E-state index contributed by atoms with van der Waals surface area (Å²) < 4.78 is 8.16. The van der Waals surface area contributed by atoms with Crippen LogP contribution in [0.25, 0.3) is 11.3 Å². The second kappa shape index (κ2) is 8.34. The number of piperazine rings is 1. The summed E-state index contributed by atoms with van der Waals surface area (Å²) in [5.41, 5.74) is 2.51. The zero-order chi connectivity index (χ0) is 20.4. The van der Waals surface area contributed by atoms with Gasteiger partial charge in [0.25, 0.3) is 5.56 Å². The number of ether oxygens (including phenoxy) is 1. The molecule has 1 atom stereocenters. The molecule has 1 N–H and O–H groups in total. The zero-order valence-corrected chi connectivity index (χ0v) is 17.9. The van der Waals surface area contributed by atoms with Crippen molar-refractivity contribution in [3.8, 4) is 17.0 Å². The highest BCUT2D eigenvalue weighted by atomic mass is 79.9. The van der Waals surface area contributed by atoms with Crippen molar-refractivity contribution < 1.29 is 4.74 Å². The second-order valence-electron chi connectivity index (χ2n) is 6.91. The average Bonchev–Trinajstić information content (AvgIpc) is 2.76. The van der Waals surface area contributed by atoms with E-state index >= 15 is 0 Å². The minimum absolute atomic E-state index is 0.0534. The van der Waals surface area contributed by atoms with Crippen LogP contribution in [0.5, 0.6) is 5.75 Å². The fourth-order valence-corrected chi connectivity index (χ4v) is 3.98. The summed E-state index contributed by atoms with van der Waals surface area (Å²) in [7, 11) is 3.44. The predicted octanol–water partition coefficient (Wildman–Crippen LogP) is 2.76.